The van der Waals surface area contributed by atoms with E-state index in [9.17, 15) is 19.4 Å². The fourth-order valence-corrected chi connectivity index (χ4v) is 9.72. The first-order chi connectivity index (χ1) is 33.0. The first-order valence-electron chi connectivity index (χ1n) is 29.7. The summed E-state index contributed by atoms with van der Waals surface area (Å²) >= 11 is 0. The number of carbonyl (C=O) groups excluding carboxylic acids is 1. The quantitative estimate of drug-likeness (QED) is 0.0272. The van der Waals surface area contributed by atoms with Gasteiger partial charge in [0.05, 0.1) is 39.9 Å². The zero-order chi connectivity index (χ0) is 49.9. The summed E-state index contributed by atoms with van der Waals surface area (Å²) in [6, 6.07) is -0.900. The van der Waals surface area contributed by atoms with Gasteiger partial charge in [-0.2, -0.15) is 0 Å². The highest BCUT2D eigenvalue weighted by Crippen LogP contribution is 2.38. The Balaban J connectivity index is 4.21. The molecule has 2 N–H and O–H groups in total. The summed E-state index contributed by atoms with van der Waals surface area (Å²) in [5, 5.41) is 13.9. The van der Waals surface area contributed by atoms with Crippen LogP contribution in [-0.4, -0.2) is 68.5 Å². The maximum atomic E-state index is 13.0. The molecule has 0 saturated carbocycles. The third-order valence-corrected chi connectivity index (χ3v) is 14.6. The number of unbranched alkanes of at least 4 members (excludes halogenated alkanes) is 40. The van der Waals surface area contributed by atoms with E-state index in [-0.39, 0.29) is 19.1 Å². The van der Waals surface area contributed by atoms with E-state index < -0.39 is 20.0 Å². The Morgan fingerprint density at radius 1 is 0.500 bits per heavy atom. The van der Waals surface area contributed by atoms with Crippen molar-refractivity contribution in [3.63, 3.8) is 0 Å². The van der Waals surface area contributed by atoms with Crippen LogP contribution in [0.15, 0.2) is 24.3 Å². The van der Waals surface area contributed by atoms with Crippen molar-refractivity contribution in [1.82, 2.24) is 5.32 Å². The summed E-state index contributed by atoms with van der Waals surface area (Å²) in [5.41, 5.74) is 0. The van der Waals surface area contributed by atoms with Crippen LogP contribution in [0.4, 0.5) is 0 Å². The summed E-state index contributed by atoms with van der Waals surface area (Å²) in [4.78, 5) is 25.5. The highest BCUT2D eigenvalue weighted by Gasteiger charge is 2.23. The van der Waals surface area contributed by atoms with Gasteiger partial charge in [0.1, 0.15) is 13.2 Å². The molecule has 0 heterocycles. The molecule has 0 spiro atoms. The number of likely N-dealkylation sites (N-methyl/N-ethyl adjacent to an activating group) is 1. The molecule has 404 valence electrons. The number of aliphatic hydroxyl groups is 1. The lowest BCUT2D eigenvalue weighted by Gasteiger charge is -2.29. The maximum Gasteiger partial charge on any atom is 0.268 e. The predicted molar refractivity (Wildman–Crippen MR) is 293 cm³/mol. The monoisotopic (exact) mass is 981 g/mol. The smallest absolute Gasteiger partial charge is 0.268 e. The van der Waals surface area contributed by atoms with Gasteiger partial charge in [0, 0.05) is 6.42 Å². The summed E-state index contributed by atoms with van der Waals surface area (Å²) in [7, 11) is 1.26. The van der Waals surface area contributed by atoms with Crippen LogP contribution in [0.5, 0.6) is 0 Å². The number of quaternary nitrogens is 1. The van der Waals surface area contributed by atoms with Gasteiger partial charge in [-0.1, -0.05) is 282 Å². The van der Waals surface area contributed by atoms with Crippen molar-refractivity contribution in [3.05, 3.63) is 24.3 Å². The summed E-state index contributed by atoms with van der Waals surface area (Å²) in [6.07, 6.45) is 64.1. The van der Waals surface area contributed by atoms with Crippen molar-refractivity contribution >= 4 is 13.7 Å². The number of aliphatic hydroxyl groups excluding tert-OH is 1. The Morgan fingerprint density at radius 3 is 1.19 bits per heavy atom. The lowest BCUT2D eigenvalue weighted by molar-refractivity contribution is -0.870. The molecule has 0 radical (unpaired) electrons. The highest BCUT2D eigenvalue weighted by atomic mass is 31.2. The van der Waals surface area contributed by atoms with E-state index in [1.165, 1.54) is 238 Å². The minimum atomic E-state index is -4.60. The average Bonchev–Trinajstić information content (AvgIpc) is 3.30. The van der Waals surface area contributed by atoms with E-state index in [4.69, 9.17) is 9.05 Å². The van der Waals surface area contributed by atoms with E-state index in [2.05, 4.69) is 31.3 Å². The third-order valence-electron chi connectivity index (χ3n) is 13.7. The summed E-state index contributed by atoms with van der Waals surface area (Å²) in [5.74, 6) is -0.201. The van der Waals surface area contributed by atoms with E-state index in [1.54, 1.807) is 6.08 Å². The second kappa shape index (κ2) is 50.9. The van der Waals surface area contributed by atoms with Crippen LogP contribution < -0.4 is 10.2 Å². The minimum Gasteiger partial charge on any atom is -0.756 e. The summed E-state index contributed by atoms with van der Waals surface area (Å²) < 4.78 is 23.4. The largest absolute Gasteiger partial charge is 0.756 e. The van der Waals surface area contributed by atoms with Crippen molar-refractivity contribution in [1.29, 1.82) is 0 Å². The van der Waals surface area contributed by atoms with Gasteiger partial charge in [-0.3, -0.25) is 9.36 Å². The number of amides is 1. The molecule has 68 heavy (non-hydrogen) atoms. The molecular weight excluding hydrogens is 864 g/mol. The van der Waals surface area contributed by atoms with E-state index in [1.807, 2.05) is 27.2 Å². The fraction of sp³-hybridized carbons (Fsp3) is 0.915. The lowest BCUT2D eigenvalue weighted by atomic mass is 10.0. The maximum absolute atomic E-state index is 13.0. The molecule has 3 atom stereocenters. The average molecular weight is 982 g/mol. The number of nitrogens with one attached hydrogen (secondary N) is 1. The number of nitrogens with zero attached hydrogens (tertiary/aromatic N) is 1. The van der Waals surface area contributed by atoms with Crippen molar-refractivity contribution in [3.8, 4) is 0 Å². The topological polar surface area (TPSA) is 108 Å². The molecule has 1 amide bonds. The Labute approximate surface area is 424 Å². The molecule has 0 fully saturated rings. The Morgan fingerprint density at radius 2 is 0.824 bits per heavy atom. The van der Waals surface area contributed by atoms with Gasteiger partial charge >= 0.3 is 0 Å². The molecule has 0 aliphatic heterocycles. The first kappa shape index (κ1) is 67.0. The normalized spacial score (nSPS) is 14.0. The predicted octanol–water partition coefficient (Wildman–Crippen LogP) is 17.4. The standard InChI is InChI=1S/C59H117N2O6P/c1-6-8-10-12-14-16-18-20-22-24-26-28-29-30-31-32-33-34-36-38-40-42-44-46-48-50-52-58(62)57(56-67-68(64,65)66-55-54-61(3,4)5)60-59(63)53-51-49-47-45-43-41-39-37-35-27-25-23-21-19-17-15-13-11-9-7-2/h42,44,50,52,57-58,62H,6-41,43,45-49,51,53-56H2,1-5H3,(H-,60,63,64,65)/b44-42+,52-50+. The van der Waals surface area contributed by atoms with Crippen LogP contribution in [0.25, 0.3) is 0 Å². The SMILES string of the molecule is CCCCCCCCCCCCCCCCCCCCCC/C=C/CC/C=C/C(O)C(COP(=O)([O-])OCC[N+](C)(C)C)NC(=O)CCCCCCCCCCCCCCCCCCCCCC. The molecule has 8 nitrogen and oxygen atoms in total. The molecule has 0 rings (SSSR count). The molecule has 0 aromatic carbocycles. The van der Waals surface area contributed by atoms with Crippen LogP contribution in [-0.2, 0) is 18.4 Å². The molecule has 0 aliphatic carbocycles. The first-order valence-corrected chi connectivity index (χ1v) is 31.2. The van der Waals surface area contributed by atoms with E-state index in [0.29, 0.717) is 17.4 Å². The van der Waals surface area contributed by atoms with Gasteiger partial charge in [-0.25, -0.2) is 0 Å². The number of phosphoric ester groups is 1. The molecule has 3 unspecified atom stereocenters. The van der Waals surface area contributed by atoms with Gasteiger partial charge in [0.2, 0.25) is 5.91 Å². The molecule has 0 aromatic heterocycles. The van der Waals surface area contributed by atoms with Crippen LogP contribution in [0.3, 0.4) is 0 Å². The number of hydrogen-bond donors (Lipinski definition) is 2. The van der Waals surface area contributed by atoms with Gasteiger partial charge < -0.3 is 28.8 Å². The molecule has 0 saturated heterocycles. The van der Waals surface area contributed by atoms with Crippen molar-refractivity contribution < 1.29 is 32.9 Å². The van der Waals surface area contributed by atoms with Gasteiger partial charge in [-0.15, -0.1) is 0 Å². The molecule has 0 aromatic rings. The molecule has 0 aliphatic rings. The fourth-order valence-electron chi connectivity index (χ4n) is 9.00. The molecule has 9 heteroatoms. The molecule has 0 bridgehead atoms. The number of carbonyl (C=O) groups is 1. The van der Waals surface area contributed by atoms with Crippen molar-refractivity contribution in [2.24, 2.45) is 0 Å². The lowest BCUT2D eigenvalue weighted by Crippen LogP contribution is -2.45. The van der Waals surface area contributed by atoms with Crippen LogP contribution in [0.1, 0.15) is 296 Å². The van der Waals surface area contributed by atoms with Crippen LogP contribution in [0.2, 0.25) is 0 Å². The second-order valence-electron chi connectivity index (χ2n) is 21.7. The Hall–Kier alpha value is -1.02. The Kier molecular flexibility index (Phi) is 50.1. The molecular formula is C59H117N2O6P. The second-order valence-corrected chi connectivity index (χ2v) is 23.1. The van der Waals surface area contributed by atoms with Crippen LogP contribution >= 0.6 is 7.82 Å². The highest BCUT2D eigenvalue weighted by molar-refractivity contribution is 7.45. The zero-order valence-corrected chi connectivity index (χ0v) is 47.0. The third kappa shape index (κ3) is 52.8. The number of allylic oxidation sites excluding steroid dienone is 3. The van der Waals surface area contributed by atoms with Gasteiger partial charge in [0.25, 0.3) is 7.82 Å². The minimum absolute atomic E-state index is 0.00366. The van der Waals surface area contributed by atoms with E-state index >= 15 is 0 Å². The van der Waals surface area contributed by atoms with Crippen molar-refractivity contribution in [2.75, 3.05) is 40.9 Å². The Bertz CT molecular complexity index is 1160. The number of phosphoric acid groups is 1. The number of hydrogen-bond acceptors (Lipinski definition) is 6. The van der Waals surface area contributed by atoms with Crippen LogP contribution in [0, 0.1) is 0 Å². The van der Waals surface area contributed by atoms with E-state index in [0.717, 1.165) is 38.5 Å². The zero-order valence-electron chi connectivity index (χ0n) is 46.1. The van der Waals surface area contributed by atoms with Crippen molar-refractivity contribution in [2.45, 2.75) is 309 Å². The van der Waals surface area contributed by atoms with Gasteiger partial charge in [0.15, 0.2) is 0 Å². The number of rotatable bonds is 55. The summed E-state index contributed by atoms with van der Waals surface area (Å²) in [6.45, 7) is 4.68. The van der Waals surface area contributed by atoms with Gasteiger partial charge in [-0.05, 0) is 32.1 Å².